The summed E-state index contributed by atoms with van der Waals surface area (Å²) in [5.74, 6) is -0.804. The molecule has 4 nitrogen and oxygen atoms in total. The van der Waals surface area contributed by atoms with Crippen molar-refractivity contribution in [2.24, 2.45) is 0 Å². The molecule has 128 valence electrons. The lowest BCUT2D eigenvalue weighted by Crippen LogP contribution is -2.33. The maximum Gasteiger partial charge on any atom is 0.268 e. The van der Waals surface area contributed by atoms with Crippen LogP contribution in [0.15, 0.2) is 59.4 Å². The van der Waals surface area contributed by atoms with E-state index in [1.165, 1.54) is 22.8 Å². The smallest absolute Gasteiger partial charge is 0.268 e. The lowest BCUT2D eigenvalue weighted by atomic mass is 10.1. The first-order valence-electron chi connectivity index (χ1n) is 8.14. The molecule has 0 radical (unpaired) electrons. The number of nitrogens with zero attached hydrogens (tertiary/aromatic N) is 1. The number of hydrogen-bond acceptors (Lipinski definition) is 2. The second kappa shape index (κ2) is 6.89. The number of carbonyl (C=O) groups is 1. The molecule has 3 aromatic rings. The molecule has 0 aliphatic rings. The van der Waals surface area contributed by atoms with Gasteiger partial charge in [0.1, 0.15) is 11.5 Å². The number of hydrogen-bond donors (Lipinski definition) is 1. The molecule has 0 saturated heterocycles. The number of benzene rings is 2. The van der Waals surface area contributed by atoms with Gasteiger partial charge in [0.2, 0.25) is 0 Å². The Morgan fingerprint density at radius 1 is 1.12 bits per heavy atom. The summed E-state index contributed by atoms with van der Waals surface area (Å²) >= 11 is 0. The van der Waals surface area contributed by atoms with Crippen LogP contribution in [0.5, 0.6) is 0 Å². The summed E-state index contributed by atoms with van der Waals surface area (Å²) < 4.78 is 14.9. The van der Waals surface area contributed by atoms with Gasteiger partial charge < -0.3 is 9.88 Å². The SMILES string of the molecule is CC(C)n1c(C(=O)NCc2ccccc2)cc2ccc(F)cc2c1=O. The molecule has 0 atom stereocenters. The zero-order valence-electron chi connectivity index (χ0n) is 14.1. The molecule has 1 N–H and O–H groups in total. The van der Waals surface area contributed by atoms with E-state index >= 15 is 0 Å². The number of carbonyl (C=O) groups excluding carboxylic acids is 1. The monoisotopic (exact) mass is 338 g/mol. The van der Waals surface area contributed by atoms with Crippen LogP contribution in [0, 0.1) is 5.82 Å². The van der Waals surface area contributed by atoms with Gasteiger partial charge in [0.15, 0.2) is 0 Å². The minimum atomic E-state index is -0.471. The second-order valence-electron chi connectivity index (χ2n) is 6.20. The van der Waals surface area contributed by atoms with Crippen LogP contribution in [0.2, 0.25) is 0 Å². The molecular formula is C20H19FN2O2. The quantitative estimate of drug-likeness (QED) is 0.789. The van der Waals surface area contributed by atoms with Gasteiger partial charge in [0.25, 0.3) is 11.5 Å². The predicted octanol–water partition coefficient (Wildman–Crippen LogP) is 3.65. The van der Waals surface area contributed by atoms with Gasteiger partial charge in [-0.25, -0.2) is 4.39 Å². The van der Waals surface area contributed by atoms with Crippen LogP contribution in [0.1, 0.15) is 35.9 Å². The third-order valence-electron chi connectivity index (χ3n) is 4.06. The van der Waals surface area contributed by atoms with Crippen LogP contribution in [-0.2, 0) is 6.54 Å². The van der Waals surface area contributed by atoms with Crippen LogP contribution in [0.4, 0.5) is 4.39 Å². The van der Waals surface area contributed by atoms with Gasteiger partial charge in [-0.05, 0) is 43.0 Å². The number of fused-ring (bicyclic) bond motifs is 1. The van der Waals surface area contributed by atoms with Gasteiger partial charge >= 0.3 is 0 Å². The first kappa shape index (κ1) is 16.9. The van der Waals surface area contributed by atoms with E-state index in [0.717, 1.165) is 5.56 Å². The summed E-state index contributed by atoms with van der Waals surface area (Å²) in [5, 5.41) is 3.66. The fourth-order valence-corrected chi connectivity index (χ4v) is 2.85. The highest BCUT2D eigenvalue weighted by molar-refractivity contribution is 5.96. The van der Waals surface area contributed by atoms with E-state index in [9.17, 15) is 14.0 Å². The van der Waals surface area contributed by atoms with Crippen molar-refractivity contribution < 1.29 is 9.18 Å². The molecule has 25 heavy (non-hydrogen) atoms. The molecule has 0 aliphatic carbocycles. The summed E-state index contributed by atoms with van der Waals surface area (Å²) in [4.78, 5) is 25.4. The highest BCUT2D eigenvalue weighted by Crippen LogP contribution is 2.17. The van der Waals surface area contributed by atoms with Crippen LogP contribution < -0.4 is 10.9 Å². The van der Waals surface area contributed by atoms with E-state index in [1.807, 2.05) is 44.2 Å². The molecule has 3 rings (SSSR count). The molecule has 0 unspecified atom stereocenters. The minimum Gasteiger partial charge on any atom is -0.347 e. The molecule has 5 heteroatoms. The first-order chi connectivity index (χ1) is 12.0. The Bertz CT molecular complexity index is 978. The largest absolute Gasteiger partial charge is 0.347 e. The fourth-order valence-electron chi connectivity index (χ4n) is 2.85. The van der Waals surface area contributed by atoms with Crippen molar-refractivity contribution in [3.63, 3.8) is 0 Å². The molecule has 0 saturated carbocycles. The topological polar surface area (TPSA) is 51.1 Å². The average Bonchev–Trinajstić information content (AvgIpc) is 2.60. The van der Waals surface area contributed by atoms with E-state index < -0.39 is 5.82 Å². The maximum atomic E-state index is 13.5. The van der Waals surface area contributed by atoms with E-state index in [1.54, 1.807) is 6.07 Å². The number of halogens is 1. The van der Waals surface area contributed by atoms with Crippen molar-refractivity contribution in [1.82, 2.24) is 9.88 Å². The number of pyridine rings is 1. The van der Waals surface area contributed by atoms with E-state index in [0.29, 0.717) is 11.9 Å². The van der Waals surface area contributed by atoms with Gasteiger partial charge in [0, 0.05) is 12.6 Å². The summed E-state index contributed by atoms with van der Waals surface area (Å²) in [6.07, 6.45) is 0. The van der Waals surface area contributed by atoms with Crippen LogP contribution in [0.25, 0.3) is 10.8 Å². The Morgan fingerprint density at radius 2 is 1.84 bits per heavy atom. The lowest BCUT2D eigenvalue weighted by molar-refractivity contribution is 0.0939. The highest BCUT2D eigenvalue weighted by atomic mass is 19.1. The van der Waals surface area contributed by atoms with Crippen molar-refractivity contribution in [3.8, 4) is 0 Å². The van der Waals surface area contributed by atoms with Crippen LogP contribution in [0.3, 0.4) is 0 Å². The third-order valence-corrected chi connectivity index (χ3v) is 4.06. The molecule has 0 spiro atoms. The van der Waals surface area contributed by atoms with Gasteiger partial charge in [-0.15, -0.1) is 0 Å². The zero-order valence-corrected chi connectivity index (χ0v) is 14.1. The van der Waals surface area contributed by atoms with Crippen molar-refractivity contribution in [1.29, 1.82) is 0 Å². The Balaban J connectivity index is 2.02. The Hall–Kier alpha value is -2.95. The predicted molar refractivity (Wildman–Crippen MR) is 96.2 cm³/mol. The van der Waals surface area contributed by atoms with Crippen molar-refractivity contribution in [2.75, 3.05) is 0 Å². The van der Waals surface area contributed by atoms with Gasteiger partial charge in [-0.3, -0.25) is 9.59 Å². The Morgan fingerprint density at radius 3 is 2.52 bits per heavy atom. The summed E-state index contributed by atoms with van der Waals surface area (Å²) in [5.41, 5.74) is 0.879. The van der Waals surface area contributed by atoms with Gasteiger partial charge in [0.05, 0.1) is 5.39 Å². The fraction of sp³-hybridized carbons (Fsp3) is 0.200. The lowest BCUT2D eigenvalue weighted by Gasteiger charge is -2.17. The molecule has 1 heterocycles. The standard InChI is InChI=1S/C20H19FN2O2/c1-13(2)23-18(19(24)22-12-14-6-4-3-5-7-14)10-15-8-9-16(21)11-17(15)20(23)25/h3-11,13H,12H2,1-2H3,(H,22,24). The van der Waals surface area contributed by atoms with E-state index in [-0.39, 0.29) is 28.6 Å². The molecule has 1 aromatic heterocycles. The summed E-state index contributed by atoms with van der Waals surface area (Å²) in [6, 6.07) is 15.0. The van der Waals surface area contributed by atoms with E-state index in [2.05, 4.69) is 5.32 Å². The Kier molecular flexibility index (Phi) is 4.65. The molecule has 0 fully saturated rings. The van der Waals surface area contributed by atoms with Crippen LogP contribution >= 0.6 is 0 Å². The number of nitrogens with one attached hydrogen (secondary N) is 1. The maximum absolute atomic E-state index is 13.5. The molecule has 0 bridgehead atoms. The van der Waals surface area contributed by atoms with Crippen LogP contribution in [-0.4, -0.2) is 10.5 Å². The molecule has 0 aliphatic heterocycles. The molecular weight excluding hydrogens is 319 g/mol. The third kappa shape index (κ3) is 3.45. The average molecular weight is 338 g/mol. The van der Waals surface area contributed by atoms with Crippen molar-refractivity contribution in [3.05, 3.63) is 82.0 Å². The number of rotatable bonds is 4. The summed E-state index contributed by atoms with van der Waals surface area (Å²) in [6.45, 7) is 4.01. The zero-order chi connectivity index (χ0) is 18.0. The van der Waals surface area contributed by atoms with Crippen molar-refractivity contribution in [2.45, 2.75) is 26.4 Å². The normalized spacial score (nSPS) is 11.0. The molecule has 1 amide bonds. The number of aromatic nitrogens is 1. The van der Waals surface area contributed by atoms with E-state index in [4.69, 9.17) is 0 Å². The summed E-state index contributed by atoms with van der Waals surface area (Å²) in [7, 11) is 0. The Labute approximate surface area is 144 Å². The number of amides is 1. The van der Waals surface area contributed by atoms with Gasteiger partial charge in [-0.2, -0.15) is 0 Å². The van der Waals surface area contributed by atoms with Crippen molar-refractivity contribution >= 4 is 16.7 Å². The molecule has 2 aromatic carbocycles. The second-order valence-corrected chi connectivity index (χ2v) is 6.20. The first-order valence-corrected chi connectivity index (χ1v) is 8.14. The highest BCUT2D eigenvalue weighted by Gasteiger charge is 2.17. The van der Waals surface area contributed by atoms with Gasteiger partial charge in [-0.1, -0.05) is 36.4 Å². The minimum absolute atomic E-state index is 0.224.